The van der Waals surface area contributed by atoms with Gasteiger partial charge in [-0.25, -0.2) is 0 Å². The highest BCUT2D eigenvalue weighted by molar-refractivity contribution is 6.05. The predicted octanol–water partition coefficient (Wildman–Crippen LogP) is 0.250. The first-order chi connectivity index (χ1) is 21.6. The van der Waals surface area contributed by atoms with Crippen LogP contribution in [0.2, 0.25) is 0 Å². The van der Waals surface area contributed by atoms with Crippen LogP contribution in [0.1, 0.15) is 50.5 Å². The van der Waals surface area contributed by atoms with E-state index >= 15 is 0 Å². The number of amides is 2. The fraction of sp³-hybridized carbons (Fsp3) is 0.375. The molecule has 5 rings (SSSR count). The molecule has 0 radical (unpaired) electrons. The summed E-state index contributed by atoms with van der Waals surface area (Å²) in [7, 11) is 0. The first-order valence-corrected chi connectivity index (χ1v) is 14.4. The van der Waals surface area contributed by atoms with Crippen molar-refractivity contribution in [2.75, 3.05) is 23.8 Å². The van der Waals surface area contributed by atoms with Crippen LogP contribution in [-0.2, 0) is 9.47 Å². The first kappa shape index (κ1) is 32.6. The molecule has 9 N–H and O–H groups in total. The summed E-state index contributed by atoms with van der Waals surface area (Å²) in [5.74, 6) is -0.918. The number of carbonyl (C=O) groups is 2. The Morgan fingerprint density at radius 1 is 0.644 bits per heavy atom. The van der Waals surface area contributed by atoms with Crippen molar-refractivity contribution in [2.24, 2.45) is 0 Å². The molecule has 3 aromatic rings. The van der Waals surface area contributed by atoms with E-state index in [-0.39, 0.29) is 24.2 Å². The van der Waals surface area contributed by atoms with Crippen LogP contribution >= 0.6 is 0 Å². The molecule has 2 aliphatic heterocycles. The van der Waals surface area contributed by atoms with E-state index in [9.17, 15) is 45.3 Å². The van der Waals surface area contributed by atoms with Crippen LogP contribution in [0.25, 0.3) is 0 Å². The third-order valence-corrected chi connectivity index (χ3v) is 8.00. The number of benzene rings is 3. The van der Waals surface area contributed by atoms with Gasteiger partial charge in [0.15, 0.2) is 0 Å². The monoisotopic (exact) mass is 624 g/mol. The fourth-order valence-corrected chi connectivity index (χ4v) is 5.48. The van der Waals surface area contributed by atoms with E-state index in [2.05, 4.69) is 10.6 Å². The molecule has 1 unspecified atom stereocenters. The zero-order chi connectivity index (χ0) is 32.2. The number of hydrogen-bond acceptors (Lipinski definition) is 11. The number of nitrogens with one attached hydrogen (secondary N) is 2. The van der Waals surface area contributed by atoms with Crippen molar-refractivity contribution in [1.82, 2.24) is 0 Å². The van der Waals surface area contributed by atoms with Crippen molar-refractivity contribution in [1.29, 1.82) is 0 Å². The van der Waals surface area contributed by atoms with Crippen LogP contribution in [0, 0.1) is 0 Å². The molecule has 0 aromatic heterocycles. The molecule has 0 aliphatic carbocycles. The van der Waals surface area contributed by atoms with Crippen LogP contribution < -0.4 is 10.6 Å². The van der Waals surface area contributed by atoms with Gasteiger partial charge in [-0.15, -0.1) is 0 Å². The van der Waals surface area contributed by atoms with Crippen molar-refractivity contribution in [3.63, 3.8) is 0 Å². The lowest BCUT2D eigenvalue weighted by atomic mass is 9.90. The molecule has 2 amide bonds. The Morgan fingerprint density at radius 2 is 1.16 bits per heavy atom. The molecule has 0 spiro atoms. The maximum atomic E-state index is 13.0. The SMILES string of the molecule is O=C(Nc1ccc(NC(=O)c2cccc([C@H]3O[C@H](CO)[C@@H](O)[C@H](O)[C@@H]3O)c2)cc1)c1cccc([C@H]2OC(CO)C[C@H](O)[C@@H]2O)c1. The quantitative estimate of drug-likeness (QED) is 0.165. The molecule has 9 atom stereocenters. The lowest BCUT2D eigenvalue weighted by Gasteiger charge is -2.40. The highest BCUT2D eigenvalue weighted by atomic mass is 16.5. The average Bonchev–Trinajstić information content (AvgIpc) is 3.06. The van der Waals surface area contributed by atoms with Gasteiger partial charge in [0.2, 0.25) is 0 Å². The Bertz CT molecular complexity index is 1480. The van der Waals surface area contributed by atoms with Gasteiger partial charge in [-0.3, -0.25) is 9.59 Å². The first-order valence-electron chi connectivity index (χ1n) is 14.4. The predicted molar refractivity (Wildman–Crippen MR) is 159 cm³/mol. The van der Waals surface area contributed by atoms with Crippen molar-refractivity contribution < 1.29 is 54.8 Å². The molecular weight excluding hydrogens is 588 g/mol. The summed E-state index contributed by atoms with van der Waals surface area (Å²) in [6.07, 6.45) is -10.4. The molecule has 13 nitrogen and oxygen atoms in total. The van der Waals surface area contributed by atoms with Crippen molar-refractivity contribution in [3.8, 4) is 0 Å². The summed E-state index contributed by atoms with van der Waals surface area (Å²) in [5.41, 5.74) is 2.22. The van der Waals surface area contributed by atoms with Gasteiger partial charge >= 0.3 is 0 Å². The van der Waals surface area contributed by atoms with E-state index in [0.717, 1.165) is 0 Å². The Kier molecular flexibility index (Phi) is 10.2. The number of carbonyl (C=O) groups excluding carboxylic acids is 2. The van der Waals surface area contributed by atoms with Crippen LogP contribution in [0.15, 0.2) is 72.8 Å². The molecule has 0 saturated carbocycles. The van der Waals surface area contributed by atoms with Crippen LogP contribution in [0.4, 0.5) is 11.4 Å². The van der Waals surface area contributed by atoms with Crippen molar-refractivity contribution in [3.05, 3.63) is 95.1 Å². The van der Waals surface area contributed by atoms with Gasteiger partial charge in [-0.2, -0.15) is 0 Å². The molecule has 240 valence electrons. The Balaban J connectivity index is 1.22. The number of aliphatic hydroxyl groups is 7. The van der Waals surface area contributed by atoms with E-state index < -0.39 is 73.4 Å². The van der Waals surface area contributed by atoms with Gasteiger partial charge in [-0.1, -0.05) is 24.3 Å². The number of anilines is 2. The molecule has 2 aliphatic rings. The van der Waals surface area contributed by atoms with E-state index in [4.69, 9.17) is 9.47 Å². The van der Waals surface area contributed by atoms with Crippen molar-refractivity contribution >= 4 is 23.2 Å². The molecule has 2 saturated heterocycles. The van der Waals surface area contributed by atoms with E-state index in [0.29, 0.717) is 22.5 Å². The van der Waals surface area contributed by atoms with Gasteiger partial charge in [0, 0.05) is 28.9 Å². The zero-order valence-electron chi connectivity index (χ0n) is 24.0. The minimum atomic E-state index is -1.55. The van der Waals surface area contributed by atoms with Crippen LogP contribution in [0.5, 0.6) is 0 Å². The minimum Gasteiger partial charge on any atom is -0.394 e. The zero-order valence-corrected chi connectivity index (χ0v) is 24.0. The largest absolute Gasteiger partial charge is 0.394 e. The summed E-state index contributed by atoms with van der Waals surface area (Å²) in [6.45, 7) is -0.883. The highest BCUT2D eigenvalue weighted by Crippen LogP contribution is 2.34. The molecular formula is C32H36N2O11. The summed E-state index contributed by atoms with van der Waals surface area (Å²) < 4.78 is 11.3. The highest BCUT2D eigenvalue weighted by Gasteiger charge is 2.44. The van der Waals surface area contributed by atoms with E-state index in [1.807, 2.05) is 0 Å². The smallest absolute Gasteiger partial charge is 0.255 e. The number of ether oxygens (including phenoxy) is 2. The maximum Gasteiger partial charge on any atom is 0.255 e. The molecule has 0 bridgehead atoms. The third-order valence-electron chi connectivity index (χ3n) is 8.00. The topological polar surface area (TPSA) is 218 Å². The second-order valence-electron chi connectivity index (χ2n) is 11.1. The lowest BCUT2D eigenvalue weighted by molar-refractivity contribution is -0.231. The number of hydrogen-bond donors (Lipinski definition) is 9. The van der Waals surface area contributed by atoms with E-state index in [1.54, 1.807) is 66.7 Å². The standard InChI is InChI=1S/C32H36N2O11/c35-14-22-13-23(37)25(38)29(44-22)16-3-1-5-18(11-16)31(42)33-20-7-9-21(10-8-20)34-32(43)19-6-2-4-17(12-19)30-28(41)27(40)26(39)24(15-36)45-30/h1-12,22-30,35-41H,13-15H2,(H,33,42)(H,34,43)/t22?,23-,24+,25-,26+,27-,28-,29+,30+/m0/s1. The molecule has 2 heterocycles. The summed E-state index contributed by atoms with van der Waals surface area (Å²) in [5, 5.41) is 75.6. The van der Waals surface area contributed by atoms with Gasteiger partial charge in [-0.05, 0) is 59.7 Å². The van der Waals surface area contributed by atoms with Gasteiger partial charge < -0.3 is 55.9 Å². The molecule has 13 heteroatoms. The van der Waals surface area contributed by atoms with E-state index in [1.165, 1.54) is 6.07 Å². The number of aliphatic hydroxyl groups excluding tert-OH is 7. The molecule has 2 fully saturated rings. The van der Waals surface area contributed by atoms with Crippen LogP contribution in [-0.4, -0.2) is 104 Å². The fourth-order valence-electron chi connectivity index (χ4n) is 5.48. The van der Waals surface area contributed by atoms with Gasteiger partial charge in [0.25, 0.3) is 11.8 Å². The summed E-state index contributed by atoms with van der Waals surface area (Å²) >= 11 is 0. The Morgan fingerprint density at radius 3 is 1.64 bits per heavy atom. The second-order valence-corrected chi connectivity index (χ2v) is 11.1. The average molecular weight is 625 g/mol. The molecule has 45 heavy (non-hydrogen) atoms. The second kappa shape index (κ2) is 14.1. The Labute approximate surface area is 258 Å². The minimum absolute atomic E-state index is 0.0966. The summed E-state index contributed by atoms with van der Waals surface area (Å²) in [4.78, 5) is 26.0. The maximum absolute atomic E-state index is 13.0. The molecule has 3 aromatic carbocycles. The Hall–Kier alpha value is -3.76. The van der Waals surface area contributed by atoms with Gasteiger partial charge in [0.1, 0.15) is 42.7 Å². The van der Waals surface area contributed by atoms with Crippen molar-refractivity contribution in [2.45, 2.75) is 61.4 Å². The van der Waals surface area contributed by atoms with Crippen LogP contribution in [0.3, 0.4) is 0 Å². The third kappa shape index (κ3) is 7.23. The normalized spacial score (nSPS) is 30.0. The summed E-state index contributed by atoms with van der Waals surface area (Å²) in [6, 6.07) is 19.0. The number of rotatable bonds is 8. The lowest BCUT2D eigenvalue weighted by Crippen LogP contribution is -2.55. The van der Waals surface area contributed by atoms with Gasteiger partial charge in [0.05, 0.1) is 25.4 Å².